The van der Waals surface area contributed by atoms with Gasteiger partial charge in [-0.25, -0.2) is 0 Å². The molecule has 0 atom stereocenters. The molecule has 3 nitrogen and oxygen atoms in total. The third-order valence-corrected chi connectivity index (χ3v) is 4.85. The number of para-hydroxylation sites is 1. The van der Waals surface area contributed by atoms with Gasteiger partial charge in [0.1, 0.15) is 5.75 Å². The molecule has 0 saturated carbocycles. The molecular weight excluding hydrogens is 362 g/mol. The van der Waals surface area contributed by atoms with Gasteiger partial charge in [-0.3, -0.25) is 4.79 Å². The van der Waals surface area contributed by atoms with Crippen LogP contribution in [-0.4, -0.2) is 25.8 Å². The molecule has 0 radical (unpaired) electrons. The maximum absolute atomic E-state index is 12.4. The van der Waals surface area contributed by atoms with Crippen molar-refractivity contribution >= 4 is 39.3 Å². The lowest BCUT2D eigenvalue weighted by Gasteiger charge is -2.20. The van der Waals surface area contributed by atoms with E-state index in [2.05, 4.69) is 15.9 Å². The number of nitrogens with zero attached hydrogens (tertiary/aromatic N) is 1. The van der Waals surface area contributed by atoms with Crippen molar-refractivity contribution in [3.05, 3.63) is 52.5 Å². The van der Waals surface area contributed by atoms with E-state index in [0.29, 0.717) is 5.75 Å². The lowest BCUT2D eigenvalue weighted by atomic mass is 10.2. The minimum Gasteiger partial charge on any atom is -0.496 e. The van der Waals surface area contributed by atoms with Crippen molar-refractivity contribution in [1.29, 1.82) is 0 Å². The van der Waals surface area contributed by atoms with Crippen LogP contribution in [0.25, 0.3) is 0 Å². The lowest BCUT2D eigenvalue weighted by Crippen LogP contribution is -2.28. The van der Waals surface area contributed by atoms with Gasteiger partial charge in [-0.1, -0.05) is 28.1 Å². The van der Waals surface area contributed by atoms with E-state index in [4.69, 9.17) is 4.74 Å². The second kappa shape index (κ2) is 7.70. The highest BCUT2D eigenvalue weighted by Crippen LogP contribution is 2.29. The molecule has 5 heteroatoms. The number of amides is 1. The summed E-state index contributed by atoms with van der Waals surface area (Å²) in [5, 5.41) is 0. The quantitative estimate of drug-likeness (QED) is 0.715. The first-order valence-electron chi connectivity index (χ1n) is 6.81. The summed E-state index contributed by atoms with van der Waals surface area (Å²) in [6.07, 6.45) is 0. The number of anilines is 1. The van der Waals surface area contributed by atoms with Crippen LogP contribution in [0.3, 0.4) is 0 Å². The van der Waals surface area contributed by atoms with E-state index in [1.807, 2.05) is 49.4 Å². The number of carbonyl (C=O) groups is 1. The molecule has 0 bridgehead atoms. The number of rotatable bonds is 5. The van der Waals surface area contributed by atoms with E-state index in [-0.39, 0.29) is 5.91 Å². The van der Waals surface area contributed by atoms with Gasteiger partial charge in [-0.2, -0.15) is 0 Å². The van der Waals surface area contributed by atoms with E-state index in [9.17, 15) is 4.79 Å². The Morgan fingerprint density at radius 2 is 2.00 bits per heavy atom. The van der Waals surface area contributed by atoms with Crippen molar-refractivity contribution in [2.45, 2.75) is 11.8 Å². The van der Waals surface area contributed by atoms with Crippen molar-refractivity contribution in [3.63, 3.8) is 0 Å². The monoisotopic (exact) mass is 379 g/mol. The first kappa shape index (κ1) is 16.9. The summed E-state index contributed by atoms with van der Waals surface area (Å²) in [5.41, 5.74) is 1.99. The van der Waals surface area contributed by atoms with Crippen LogP contribution in [0.15, 0.2) is 51.8 Å². The molecule has 0 unspecified atom stereocenters. The second-order valence-corrected chi connectivity index (χ2v) is 6.76. The number of aryl methyl sites for hydroxylation is 1. The van der Waals surface area contributed by atoms with E-state index >= 15 is 0 Å². The summed E-state index contributed by atoms with van der Waals surface area (Å²) >= 11 is 4.92. The molecule has 0 spiro atoms. The first-order valence-corrected chi connectivity index (χ1v) is 8.59. The average Bonchev–Trinajstić information content (AvgIpc) is 2.52. The summed E-state index contributed by atoms with van der Waals surface area (Å²) in [6, 6.07) is 13.6. The minimum atomic E-state index is 0.0568. The number of halogens is 1. The molecule has 0 aliphatic carbocycles. The maximum Gasteiger partial charge on any atom is 0.237 e. The summed E-state index contributed by atoms with van der Waals surface area (Å²) in [4.78, 5) is 15.1. The highest BCUT2D eigenvalue weighted by Gasteiger charge is 2.14. The lowest BCUT2D eigenvalue weighted by molar-refractivity contribution is -0.115. The minimum absolute atomic E-state index is 0.0568. The largest absolute Gasteiger partial charge is 0.496 e. The molecule has 22 heavy (non-hydrogen) atoms. The van der Waals surface area contributed by atoms with Gasteiger partial charge in [0.2, 0.25) is 5.91 Å². The number of hydrogen-bond donors (Lipinski definition) is 0. The Balaban J connectivity index is 2.05. The summed E-state index contributed by atoms with van der Waals surface area (Å²) in [7, 11) is 3.44. The third kappa shape index (κ3) is 4.05. The highest BCUT2D eigenvalue weighted by atomic mass is 79.9. The molecule has 0 aliphatic heterocycles. The number of ether oxygens (including phenoxy) is 1. The molecule has 116 valence electrons. The molecule has 0 fully saturated rings. The standard InChI is InChI=1S/C17H18BrNO2S/c1-12-10-13(18)8-9-14(12)19(2)17(20)11-22-16-7-5-4-6-15(16)21-3/h4-10H,11H2,1-3H3. The van der Waals surface area contributed by atoms with Gasteiger partial charge in [0, 0.05) is 22.1 Å². The Hall–Kier alpha value is -1.46. The number of methoxy groups -OCH3 is 1. The zero-order valence-electron chi connectivity index (χ0n) is 12.8. The molecule has 0 aromatic heterocycles. The van der Waals surface area contributed by atoms with Gasteiger partial charge in [0.15, 0.2) is 0 Å². The smallest absolute Gasteiger partial charge is 0.237 e. The van der Waals surface area contributed by atoms with Gasteiger partial charge >= 0.3 is 0 Å². The van der Waals surface area contributed by atoms with Crippen LogP contribution in [0.5, 0.6) is 5.75 Å². The van der Waals surface area contributed by atoms with Crippen LogP contribution >= 0.6 is 27.7 Å². The maximum atomic E-state index is 12.4. The van der Waals surface area contributed by atoms with Crippen LogP contribution in [0, 0.1) is 6.92 Å². The molecule has 2 rings (SSSR count). The second-order valence-electron chi connectivity index (χ2n) is 4.82. The highest BCUT2D eigenvalue weighted by molar-refractivity contribution is 9.10. The fraction of sp³-hybridized carbons (Fsp3) is 0.235. The Kier molecular flexibility index (Phi) is 5.91. The fourth-order valence-corrected chi connectivity index (χ4v) is 3.52. The number of carbonyl (C=O) groups excluding carboxylic acids is 1. The Labute approximate surface area is 143 Å². The predicted molar refractivity (Wildman–Crippen MR) is 96.0 cm³/mol. The summed E-state index contributed by atoms with van der Waals surface area (Å²) in [6.45, 7) is 2.00. The molecular formula is C17H18BrNO2S. The number of hydrogen-bond acceptors (Lipinski definition) is 3. The predicted octanol–water partition coefficient (Wildman–Crippen LogP) is 4.52. The zero-order valence-corrected chi connectivity index (χ0v) is 15.2. The molecule has 1 amide bonds. The van der Waals surface area contributed by atoms with E-state index < -0.39 is 0 Å². The van der Waals surface area contributed by atoms with E-state index in [1.165, 1.54) is 11.8 Å². The first-order chi connectivity index (χ1) is 10.5. The Bertz CT molecular complexity index is 675. The van der Waals surface area contributed by atoms with Crippen LogP contribution in [0.4, 0.5) is 5.69 Å². The molecule has 0 heterocycles. The summed E-state index contributed by atoms with van der Waals surface area (Å²) < 4.78 is 6.32. The zero-order chi connectivity index (χ0) is 16.1. The molecule has 0 saturated heterocycles. The van der Waals surface area contributed by atoms with Crippen molar-refractivity contribution in [3.8, 4) is 5.75 Å². The SMILES string of the molecule is COc1ccccc1SCC(=O)N(C)c1ccc(Br)cc1C. The third-order valence-electron chi connectivity index (χ3n) is 3.31. The van der Waals surface area contributed by atoms with Gasteiger partial charge in [0.25, 0.3) is 0 Å². The Morgan fingerprint density at radius 1 is 1.27 bits per heavy atom. The number of thioether (sulfide) groups is 1. The van der Waals surface area contributed by atoms with E-state index in [0.717, 1.165) is 26.4 Å². The van der Waals surface area contributed by atoms with Crippen LogP contribution in [-0.2, 0) is 4.79 Å². The molecule has 0 N–H and O–H groups in total. The van der Waals surface area contributed by atoms with Gasteiger partial charge < -0.3 is 9.64 Å². The number of benzene rings is 2. The molecule has 0 aliphatic rings. The van der Waals surface area contributed by atoms with E-state index in [1.54, 1.807) is 19.1 Å². The van der Waals surface area contributed by atoms with Crippen molar-refractivity contribution in [1.82, 2.24) is 0 Å². The van der Waals surface area contributed by atoms with Crippen LogP contribution in [0.1, 0.15) is 5.56 Å². The van der Waals surface area contributed by atoms with Gasteiger partial charge in [0.05, 0.1) is 12.9 Å². The van der Waals surface area contributed by atoms with Crippen LogP contribution < -0.4 is 9.64 Å². The van der Waals surface area contributed by atoms with Gasteiger partial charge in [-0.05, 0) is 42.8 Å². The average molecular weight is 380 g/mol. The van der Waals surface area contributed by atoms with Crippen LogP contribution in [0.2, 0.25) is 0 Å². The topological polar surface area (TPSA) is 29.5 Å². The van der Waals surface area contributed by atoms with Crippen molar-refractivity contribution < 1.29 is 9.53 Å². The normalized spacial score (nSPS) is 10.4. The fourth-order valence-electron chi connectivity index (χ4n) is 2.10. The van der Waals surface area contributed by atoms with Gasteiger partial charge in [-0.15, -0.1) is 11.8 Å². The van der Waals surface area contributed by atoms with Crippen molar-refractivity contribution in [2.24, 2.45) is 0 Å². The van der Waals surface area contributed by atoms with Crippen molar-refractivity contribution in [2.75, 3.05) is 24.8 Å². The molecule has 2 aromatic rings. The Morgan fingerprint density at radius 3 is 2.68 bits per heavy atom. The molecule has 2 aromatic carbocycles. The summed E-state index contributed by atoms with van der Waals surface area (Å²) in [5.74, 6) is 1.22.